The Hall–Kier alpha value is -1.61. The average molecular weight is 258 g/mol. The highest BCUT2D eigenvalue weighted by atomic mass is 16.1. The van der Waals surface area contributed by atoms with E-state index >= 15 is 0 Å². The minimum absolute atomic E-state index is 0.0151. The zero-order valence-corrected chi connectivity index (χ0v) is 11.5. The summed E-state index contributed by atoms with van der Waals surface area (Å²) in [4.78, 5) is 13.6. The molecule has 2 atom stereocenters. The van der Waals surface area contributed by atoms with E-state index in [1.165, 1.54) is 5.56 Å². The van der Waals surface area contributed by atoms with Crippen LogP contribution in [-0.2, 0) is 4.79 Å². The highest BCUT2D eigenvalue weighted by molar-refractivity contribution is 5.77. The van der Waals surface area contributed by atoms with E-state index in [4.69, 9.17) is 5.73 Å². The third-order valence-corrected chi connectivity index (χ3v) is 3.86. The summed E-state index contributed by atoms with van der Waals surface area (Å²) in [6, 6.07) is 10.8. The fourth-order valence-electron chi connectivity index (χ4n) is 2.55. The van der Waals surface area contributed by atoms with E-state index in [9.17, 15) is 4.79 Å². The second-order valence-electron chi connectivity index (χ2n) is 5.29. The van der Waals surface area contributed by atoms with Gasteiger partial charge in [0.2, 0.25) is 5.91 Å². The summed E-state index contributed by atoms with van der Waals surface area (Å²) in [6.45, 7) is 3.88. The molecule has 1 aromatic rings. The van der Waals surface area contributed by atoms with Crippen molar-refractivity contribution in [2.75, 3.05) is 13.1 Å². The number of carbonyl (C=O) groups excluding carboxylic acids is 1. The molecule has 1 saturated heterocycles. The summed E-state index contributed by atoms with van der Waals surface area (Å²) in [5.41, 5.74) is 6.62. The van der Waals surface area contributed by atoms with E-state index in [0.29, 0.717) is 6.04 Å². The van der Waals surface area contributed by atoms with Crippen LogP contribution in [0.3, 0.4) is 0 Å². The van der Waals surface area contributed by atoms with Gasteiger partial charge < -0.3 is 5.73 Å². The number of rotatable bonds is 4. The second-order valence-corrected chi connectivity index (χ2v) is 5.29. The predicted molar refractivity (Wildman–Crippen MR) is 78.4 cm³/mol. The number of benzene rings is 1. The molecule has 3 heteroatoms. The van der Waals surface area contributed by atoms with Gasteiger partial charge in [0.05, 0.1) is 5.92 Å². The second kappa shape index (κ2) is 6.53. The molecule has 0 aliphatic carbocycles. The maximum atomic E-state index is 11.3. The van der Waals surface area contributed by atoms with E-state index in [1.807, 2.05) is 18.2 Å². The van der Waals surface area contributed by atoms with E-state index in [1.54, 1.807) is 0 Å². The largest absolute Gasteiger partial charge is 0.369 e. The number of nitrogens with zero attached hydrogens (tertiary/aromatic N) is 1. The summed E-state index contributed by atoms with van der Waals surface area (Å²) >= 11 is 0. The summed E-state index contributed by atoms with van der Waals surface area (Å²) in [5.74, 6) is -0.148. The van der Waals surface area contributed by atoms with E-state index in [2.05, 4.69) is 36.1 Å². The molecule has 2 rings (SSSR count). The minimum Gasteiger partial charge on any atom is -0.369 e. The fourth-order valence-corrected chi connectivity index (χ4v) is 2.55. The van der Waals surface area contributed by atoms with Crippen molar-refractivity contribution >= 4 is 12.0 Å². The molecule has 0 radical (unpaired) electrons. The first-order valence-corrected chi connectivity index (χ1v) is 6.92. The van der Waals surface area contributed by atoms with E-state index in [-0.39, 0.29) is 11.8 Å². The molecule has 1 heterocycles. The number of amides is 1. The normalized spacial score (nSPS) is 24.7. The fraction of sp³-hybridized carbons (Fsp3) is 0.438. The Balaban J connectivity index is 1.90. The van der Waals surface area contributed by atoms with Gasteiger partial charge >= 0.3 is 0 Å². The van der Waals surface area contributed by atoms with Crippen LogP contribution < -0.4 is 5.73 Å². The van der Waals surface area contributed by atoms with Crippen LogP contribution in [0.25, 0.3) is 6.08 Å². The van der Waals surface area contributed by atoms with Crippen molar-refractivity contribution in [3.05, 3.63) is 42.0 Å². The van der Waals surface area contributed by atoms with Crippen LogP contribution in [0.1, 0.15) is 25.3 Å². The Morgan fingerprint density at radius 3 is 2.79 bits per heavy atom. The van der Waals surface area contributed by atoms with Crippen molar-refractivity contribution in [2.45, 2.75) is 25.8 Å². The Labute approximate surface area is 115 Å². The van der Waals surface area contributed by atoms with E-state index < -0.39 is 0 Å². The third kappa shape index (κ3) is 3.93. The molecular formula is C16H22N2O. The summed E-state index contributed by atoms with van der Waals surface area (Å²) in [7, 11) is 0. The summed E-state index contributed by atoms with van der Waals surface area (Å²) in [6.07, 6.45) is 6.26. The van der Waals surface area contributed by atoms with Gasteiger partial charge in [-0.2, -0.15) is 0 Å². The Bertz CT molecular complexity index is 441. The van der Waals surface area contributed by atoms with Crippen molar-refractivity contribution in [3.63, 3.8) is 0 Å². The SMILES string of the molecule is CC1CCC(C(N)=O)CN1CC=Cc1ccccc1. The van der Waals surface area contributed by atoms with Gasteiger partial charge in [0.15, 0.2) is 0 Å². The molecule has 102 valence electrons. The van der Waals surface area contributed by atoms with Crippen LogP contribution in [0.2, 0.25) is 0 Å². The lowest BCUT2D eigenvalue weighted by atomic mass is 9.93. The van der Waals surface area contributed by atoms with Crippen molar-refractivity contribution < 1.29 is 4.79 Å². The van der Waals surface area contributed by atoms with Crippen LogP contribution in [0.15, 0.2) is 36.4 Å². The predicted octanol–water partition coefficient (Wildman–Crippen LogP) is 2.29. The maximum absolute atomic E-state index is 11.3. The van der Waals surface area contributed by atoms with Gasteiger partial charge in [-0.1, -0.05) is 42.5 Å². The van der Waals surface area contributed by atoms with Gasteiger partial charge in [-0.15, -0.1) is 0 Å². The zero-order valence-electron chi connectivity index (χ0n) is 11.5. The van der Waals surface area contributed by atoms with Gasteiger partial charge in [0.25, 0.3) is 0 Å². The maximum Gasteiger partial charge on any atom is 0.221 e. The molecular weight excluding hydrogens is 236 g/mol. The average Bonchev–Trinajstić information content (AvgIpc) is 2.42. The summed E-state index contributed by atoms with van der Waals surface area (Å²) < 4.78 is 0. The number of nitrogens with two attached hydrogens (primary N) is 1. The molecule has 0 spiro atoms. The first-order chi connectivity index (χ1) is 9.16. The minimum atomic E-state index is -0.163. The standard InChI is InChI=1S/C16H22N2O/c1-13-9-10-15(16(17)19)12-18(13)11-5-8-14-6-3-2-4-7-14/h2-8,13,15H,9-12H2,1H3,(H2,17,19). The zero-order chi connectivity index (χ0) is 13.7. The first-order valence-electron chi connectivity index (χ1n) is 6.92. The van der Waals surface area contributed by atoms with Crippen LogP contribution in [-0.4, -0.2) is 29.9 Å². The lowest BCUT2D eigenvalue weighted by molar-refractivity contribution is -0.123. The smallest absolute Gasteiger partial charge is 0.221 e. The van der Waals surface area contributed by atoms with Crippen molar-refractivity contribution in [1.82, 2.24) is 4.90 Å². The van der Waals surface area contributed by atoms with Crippen LogP contribution in [0.5, 0.6) is 0 Å². The molecule has 0 bridgehead atoms. The van der Waals surface area contributed by atoms with Crippen LogP contribution in [0.4, 0.5) is 0 Å². The Morgan fingerprint density at radius 1 is 1.37 bits per heavy atom. The van der Waals surface area contributed by atoms with E-state index in [0.717, 1.165) is 25.9 Å². The molecule has 1 aromatic carbocycles. The Morgan fingerprint density at radius 2 is 2.11 bits per heavy atom. The van der Waals surface area contributed by atoms with Crippen molar-refractivity contribution in [3.8, 4) is 0 Å². The number of piperidine rings is 1. The van der Waals surface area contributed by atoms with Crippen LogP contribution in [0, 0.1) is 5.92 Å². The molecule has 1 aliphatic rings. The molecule has 0 saturated carbocycles. The molecule has 1 amide bonds. The molecule has 1 fully saturated rings. The van der Waals surface area contributed by atoms with Gasteiger partial charge in [0, 0.05) is 19.1 Å². The van der Waals surface area contributed by atoms with Crippen molar-refractivity contribution in [2.24, 2.45) is 11.7 Å². The first kappa shape index (κ1) is 13.8. The molecule has 3 nitrogen and oxygen atoms in total. The number of hydrogen-bond acceptors (Lipinski definition) is 2. The number of hydrogen-bond donors (Lipinski definition) is 1. The van der Waals surface area contributed by atoms with Gasteiger partial charge in [0.1, 0.15) is 0 Å². The highest BCUT2D eigenvalue weighted by Crippen LogP contribution is 2.21. The van der Waals surface area contributed by atoms with Crippen molar-refractivity contribution in [1.29, 1.82) is 0 Å². The molecule has 1 aliphatic heterocycles. The lowest BCUT2D eigenvalue weighted by Crippen LogP contribution is -2.45. The van der Waals surface area contributed by atoms with Gasteiger partial charge in [-0.05, 0) is 25.3 Å². The topological polar surface area (TPSA) is 46.3 Å². The number of primary amides is 1. The quantitative estimate of drug-likeness (QED) is 0.900. The third-order valence-electron chi connectivity index (χ3n) is 3.86. The monoisotopic (exact) mass is 258 g/mol. The highest BCUT2D eigenvalue weighted by Gasteiger charge is 2.27. The summed E-state index contributed by atoms with van der Waals surface area (Å²) in [5, 5.41) is 0. The number of likely N-dealkylation sites (tertiary alicyclic amines) is 1. The number of carbonyl (C=O) groups is 1. The van der Waals surface area contributed by atoms with Gasteiger partial charge in [-0.3, -0.25) is 9.69 Å². The van der Waals surface area contributed by atoms with Crippen LogP contribution >= 0.6 is 0 Å². The molecule has 0 aromatic heterocycles. The lowest BCUT2D eigenvalue weighted by Gasteiger charge is -2.36. The van der Waals surface area contributed by atoms with Gasteiger partial charge in [-0.25, -0.2) is 0 Å². The molecule has 2 N–H and O–H groups in total. The molecule has 19 heavy (non-hydrogen) atoms. The Kier molecular flexibility index (Phi) is 4.74. The molecule has 2 unspecified atom stereocenters.